The van der Waals surface area contributed by atoms with Gasteiger partial charge in [-0.2, -0.15) is 11.3 Å². The summed E-state index contributed by atoms with van der Waals surface area (Å²) in [5.74, 6) is -1.34. The number of carbonyl (C=O) groups is 2. The summed E-state index contributed by atoms with van der Waals surface area (Å²) in [6.07, 6.45) is 0. The maximum absolute atomic E-state index is 11.9. The van der Waals surface area contributed by atoms with Crippen molar-refractivity contribution < 1.29 is 14.7 Å². The Bertz CT molecular complexity index is 431. The lowest BCUT2D eigenvalue weighted by molar-refractivity contribution is -0.142. The molecule has 17 heavy (non-hydrogen) atoms. The molecule has 94 valence electrons. The molecule has 1 heterocycles. The van der Waals surface area contributed by atoms with E-state index in [2.05, 4.69) is 5.32 Å². The number of hydrogen-bond acceptors (Lipinski definition) is 3. The summed E-state index contributed by atoms with van der Waals surface area (Å²) in [6, 6.07) is -0.894. The van der Waals surface area contributed by atoms with Crippen LogP contribution in [-0.4, -0.2) is 23.0 Å². The van der Waals surface area contributed by atoms with E-state index in [1.165, 1.54) is 11.3 Å². The number of carboxylic acid groups (broad SMARTS) is 1. The summed E-state index contributed by atoms with van der Waals surface area (Å²) in [6.45, 7) is 7.18. The van der Waals surface area contributed by atoms with Crippen LogP contribution in [0.5, 0.6) is 0 Å². The fourth-order valence-electron chi connectivity index (χ4n) is 1.45. The molecule has 0 fully saturated rings. The van der Waals surface area contributed by atoms with Crippen LogP contribution in [0, 0.1) is 12.3 Å². The average Bonchev–Trinajstić information content (AvgIpc) is 2.58. The quantitative estimate of drug-likeness (QED) is 0.870. The van der Waals surface area contributed by atoms with Gasteiger partial charge >= 0.3 is 5.97 Å². The summed E-state index contributed by atoms with van der Waals surface area (Å²) >= 11 is 1.43. The highest BCUT2D eigenvalue weighted by atomic mass is 32.1. The molecule has 0 saturated heterocycles. The number of carbonyl (C=O) groups excluding carboxylic acids is 1. The molecule has 2 N–H and O–H groups in total. The Hall–Kier alpha value is -1.36. The Balaban J connectivity index is 2.86. The smallest absolute Gasteiger partial charge is 0.326 e. The minimum Gasteiger partial charge on any atom is -0.480 e. The largest absolute Gasteiger partial charge is 0.480 e. The molecule has 0 aromatic carbocycles. The number of hydrogen-bond donors (Lipinski definition) is 2. The molecular formula is C12H17NO3S. The lowest BCUT2D eigenvalue weighted by Crippen LogP contribution is -2.49. The van der Waals surface area contributed by atoms with E-state index in [0.717, 1.165) is 5.56 Å². The number of aliphatic carboxylic acids is 1. The van der Waals surface area contributed by atoms with Gasteiger partial charge in [-0.05, 0) is 23.3 Å². The summed E-state index contributed by atoms with van der Waals surface area (Å²) in [5, 5.41) is 15.3. The van der Waals surface area contributed by atoms with E-state index in [0.29, 0.717) is 5.56 Å². The summed E-state index contributed by atoms with van der Waals surface area (Å²) in [4.78, 5) is 23.0. The lowest BCUT2D eigenvalue weighted by Gasteiger charge is -2.27. The molecule has 1 aromatic heterocycles. The van der Waals surface area contributed by atoms with Crippen molar-refractivity contribution in [1.82, 2.24) is 5.32 Å². The first-order valence-corrected chi connectivity index (χ1v) is 6.24. The van der Waals surface area contributed by atoms with E-state index in [4.69, 9.17) is 5.11 Å². The monoisotopic (exact) mass is 255 g/mol. The Morgan fingerprint density at radius 1 is 1.35 bits per heavy atom. The topological polar surface area (TPSA) is 66.4 Å². The van der Waals surface area contributed by atoms with Crippen LogP contribution in [0.2, 0.25) is 0 Å². The highest BCUT2D eigenvalue weighted by molar-refractivity contribution is 7.08. The van der Waals surface area contributed by atoms with E-state index in [9.17, 15) is 9.59 Å². The normalized spacial score (nSPS) is 13.2. The predicted octanol–water partition coefficient (Wildman–Crippen LogP) is 2.29. The second-order valence-corrected chi connectivity index (χ2v) is 5.82. The van der Waals surface area contributed by atoms with Crippen LogP contribution in [0.25, 0.3) is 0 Å². The van der Waals surface area contributed by atoms with Crippen LogP contribution in [-0.2, 0) is 4.79 Å². The van der Waals surface area contributed by atoms with Crippen molar-refractivity contribution in [3.05, 3.63) is 21.9 Å². The molecule has 0 spiro atoms. The Labute approximate surface area is 105 Å². The first-order chi connectivity index (χ1) is 7.73. The van der Waals surface area contributed by atoms with Gasteiger partial charge in [0, 0.05) is 5.38 Å². The molecule has 5 heteroatoms. The van der Waals surface area contributed by atoms with Gasteiger partial charge in [-0.25, -0.2) is 4.79 Å². The summed E-state index contributed by atoms with van der Waals surface area (Å²) in [7, 11) is 0. The van der Waals surface area contributed by atoms with Crippen molar-refractivity contribution in [3.63, 3.8) is 0 Å². The number of rotatable bonds is 3. The SMILES string of the molecule is Cc1cscc1C(=O)N[C@H](C(=O)O)C(C)(C)C. The van der Waals surface area contributed by atoms with Crippen molar-refractivity contribution in [3.8, 4) is 0 Å². The third-order valence-electron chi connectivity index (χ3n) is 2.49. The van der Waals surface area contributed by atoms with Crippen LogP contribution in [0.15, 0.2) is 10.8 Å². The van der Waals surface area contributed by atoms with Crippen molar-refractivity contribution in [1.29, 1.82) is 0 Å². The van der Waals surface area contributed by atoms with Crippen LogP contribution in [0.4, 0.5) is 0 Å². The summed E-state index contributed by atoms with van der Waals surface area (Å²) in [5.41, 5.74) is 0.891. The second kappa shape index (κ2) is 4.87. The van der Waals surface area contributed by atoms with Crippen LogP contribution in [0.3, 0.4) is 0 Å². The molecule has 0 aliphatic carbocycles. The van der Waals surface area contributed by atoms with Gasteiger partial charge in [0.25, 0.3) is 5.91 Å². The van der Waals surface area contributed by atoms with E-state index in [1.54, 1.807) is 26.2 Å². The van der Waals surface area contributed by atoms with Gasteiger partial charge in [0.15, 0.2) is 0 Å². The maximum Gasteiger partial charge on any atom is 0.326 e. The molecular weight excluding hydrogens is 238 g/mol. The van der Waals surface area contributed by atoms with E-state index >= 15 is 0 Å². The molecule has 1 rings (SSSR count). The molecule has 0 radical (unpaired) electrons. The lowest BCUT2D eigenvalue weighted by atomic mass is 9.86. The van der Waals surface area contributed by atoms with Gasteiger partial charge in [-0.3, -0.25) is 4.79 Å². The van der Waals surface area contributed by atoms with Gasteiger partial charge in [-0.1, -0.05) is 20.8 Å². The Morgan fingerprint density at radius 3 is 2.29 bits per heavy atom. The fraction of sp³-hybridized carbons (Fsp3) is 0.500. The Morgan fingerprint density at radius 2 is 1.94 bits per heavy atom. The molecule has 1 amide bonds. The van der Waals surface area contributed by atoms with Crippen molar-refractivity contribution >= 4 is 23.2 Å². The van der Waals surface area contributed by atoms with Gasteiger partial charge < -0.3 is 10.4 Å². The van der Waals surface area contributed by atoms with Crippen molar-refractivity contribution in [2.24, 2.45) is 5.41 Å². The average molecular weight is 255 g/mol. The number of thiophene rings is 1. The number of nitrogens with one attached hydrogen (secondary N) is 1. The Kier molecular flexibility index (Phi) is 3.93. The molecule has 0 saturated carbocycles. The first kappa shape index (κ1) is 13.7. The van der Waals surface area contributed by atoms with Crippen molar-refractivity contribution in [2.45, 2.75) is 33.7 Å². The van der Waals surface area contributed by atoms with E-state index in [-0.39, 0.29) is 5.91 Å². The molecule has 0 bridgehead atoms. The zero-order chi connectivity index (χ0) is 13.2. The van der Waals surface area contributed by atoms with Gasteiger partial charge in [0.1, 0.15) is 6.04 Å². The van der Waals surface area contributed by atoms with Gasteiger partial charge in [-0.15, -0.1) is 0 Å². The highest BCUT2D eigenvalue weighted by Crippen LogP contribution is 2.21. The molecule has 1 aromatic rings. The first-order valence-electron chi connectivity index (χ1n) is 5.30. The van der Waals surface area contributed by atoms with Crippen molar-refractivity contribution in [2.75, 3.05) is 0 Å². The van der Waals surface area contributed by atoms with E-state index in [1.807, 2.05) is 12.3 Å². The van der Waals surface area contributed by atoms with Crippen LogP contribution >= 0.6 is 11.3 Å². The molecule has 4 nitrogen and oxygen atoms in total. The third kappa shape index (κ3) is 3.30. The summed E-state index contributed by atoms with van der Waals surface area (Å²) < 4.78 is 0. The van der Waals surface area contributed by atoms with Gasteiger partial charge in [0.05, 0.1) is 5.56 Å². The van der Waals surface area contributed by atoms with Crippen LogP contribution in [0.1, 0.15) is 36.7 Å². The molecule has 0 aliphatic rings. The van der Waals surface area contributed by atoms with Crippen LogP contribution < -0.4 is 5.32 Å². The van der Waals surface area contributed by atoms with E-state index < -0.39 is 17.4 Å². The third-order valence-corrected chi connectivity index (χ3v) is 3.35. The minimum absolute atomic E-state index is 0.328. The fourth-order valence-corrected chi connectivity index (χ4v) is 2.28. The highest BCUT2D eigenvalue weighted by Gasteiger charge is 2.33. The zero-order valence-electron chi connectivity index (χ0n) is 10.4. The predicted molar refractivity (Wildman–Crippen MR) is 67.4 cm³/mol. The second-order valence-electron chi connectivity index (χ2n) is 5.08. The minimum atomic E-state index is -1.02. The molecule has 0 aliphatic heterocycles. The number of carboxylic acids is 1. The molecule has 0 unspecified atom stereocenters. The van der Waals surface area contributed by atoms with Gasteiger partial charge in [0.2, 0.25) is 0 Å². The maximum atomic E-state index is 11.9. The number of amides is 1. The number of aryl methyl sites for hydroxylation is 1. The zero-order valence-corrected chi connectivity index (χ0v) is 11.2. The standard InChI is InChI=1S/C12H17NO3S/c1-7-5-17-6-8(7)10(14)13-9(11(15)16)12(2,3)4/h5-6,9H,1-4H3,(H,13,14)(H,15,16)/t9-/m1/s1. The molecule has 1 atom stereocenters.